The van der Waals surface area contributed by atoms with Gasteiger partial charge in [-0.3, -0.25) is 9.67 Å². The number of pyridine rings is 1. The van der Waals surface area contributed by atoms with E-state index >= 15 is 0 Å². The molecule has 3 aromatic rings. The third-order valence-corrected chi connectivity index (χ3v) is 6.22. The summed E-state index contributed by atoms with van der Waals surface area (Å²) in [5.74, 6) is -0.303. The van der Waals surface area contributed by atoms with E-state index in [0.29, 0.717) is 25.2 Å². The molecule has 0 spiro atoms. The van der Waals surface area contributed by atoms with Crippen LogP contribution in [0.2, 0.25) is 0 Å². The molecule has 134 valence electrons. The minimum absolute atomic E-state index is 0.187. The van der Waals surface area contributed by atoms with E-state index in [1.165, 1.54) is 22.6 Å². The van der Waals surface area contributed by atoms with Crippen LogP contribution < -0.4 is 0 Å². The zero-order valence-corrected chi connectivity index (χ0v) is 14.7. The summed E-state index contributed by atoms with van der Waals surface area (Å²) in [6.45, 7) is 1.30. The lowest BCUT2D eigenvalue weighted by Gasteiger charge is -2.19. The lowest BCUT2D eigenvalue weighted by atomic mass is 10.1. The molecule has 0 bridgehead atoms. The van der Waals surface area contributed by atoms with Crippen LogP contribution in [-0.4, -0.2) is 34.0 Å². The second-order valence-corrected chi connectivity index (χ2v) is 8.07. The molecule has 3 heterocycles. The van der Waals surface area contributed by atoms with Crippen molar-refractivity contribution in [1.29, 1.82) is 0 Å². The van der Waals surface area contributed by atoms with E-state index in [1.807, 2.05) is 10.7 Å². The second kappa shape index (κ2) is 6.62. The molecule has 0 radical (unpaired) electrons. The van der Waals surface area contributed by atoms with Crippen LogP contribution in [0.25, 0.3) is 11.3 Å². The lowest BCUT2D eigenvalue weighted by molar-refractivity contribution is 0.409. The predicted octanol–water partition coefficient (Wildman–Crippen LogP) is 2.68. The van der Waals surface area contributed by atoms with Crippen molar-refractivity contribution in [2.24, 2.45) is 0 Å². The molecule has 1 aliphatic heterocycles. The number of hydrogen-bond donors (Lipinski definition) is 0. The first-order chi connectivity index (χ1) is 12.5. The number of aromatic nitrogens is 3. The van der Waals surface area contributed by atoms with Gasteiger partial charge in [0.2, 0.25) is 10.0 Å². The summed E-state index contributed by atoms with van der Waals surface area (Å²) in [6.07, 6.45) is 3.57. The van der Waals surface area contributed by atoms with Gasteiger partial charge in [0, 0.05) is 31.0 Å². The zero-order chi connectivity index (χ0) is 18.1. The fourth-order valence-electron chi connectivity index (χ4n) is 3.05. The van der Waals surface area contributed by atoms with E-state index < -0.39 is 10.0 Å². The molecule has 0 fully saturated rings. The zero-order valence-electron chi connectivity index (χ0n) is 13.9. The number of rotatable bonds is 3. The van der Waals surface area contributed by atoms with Gasteiger partial charge < -0.3 is 0 Å². The molecule has 0 unspecified atom stereocenters. The van der Waals surface area contributed by atoms with Crippen molar-refractivity contribution in [3.8, 4) is 11.3 Å². The van der Waals surface area contributed by atoms with E-state index in [4.69, 9.17) is 0 Å². The number of nitrogens with zero attached hydrogens (tertiary/aromatic N) is 4. The second-order valence-electron chi connectivity index (χ2n) is 6.13. The summed E-state index contributed by atoms with van der Waals surface area (Å²) < 4.78 is 42.2. The SMILES string of the molecule is O=S(=O)(c1cccnc1)N1CCCn2nc(-c3ccc(F)cc3)cc2C1. The van der Waals surface area contributed by atoms with Crippen molar-refractivity contribution in [2.75, 3.05) is 6.54 Å². The minimum Gasteiger partial charge on any atom is -0.268 e. The Morgan fingerprint density at radius 3 is 2.62 bits per heavy atom. The maximum atomic E-state index is 13.1. The maximum Gasteiger partial charge on any atom is 0.244 e. The van der Waals surface area contributed by atoms with Gasteiger partial charge in [-0.25, -0.2) is 12.8 Å². The summed E-state index contributed by atoms with van der Waals surface area (Å²) in [7, 11) is -3.61. The van der Waals surface area contributed by atoms with Crippen molar-refractivity contribution < 1.29 is 12.8 Å². The highest BCUT2D eigenvalue weighted by Crippen LogP contribution is 2.25. The van der Waals surface area contributed by atoms with Gasteiger partial charge in [0.1, 0.15) is 10.7 Å². The van der Waals surface area contributed by atoms with Crippen LogP contribution in [-0.2, 0) is 23.1 Å². The number of aryl methyl sites for hydroxylation is 1. The number of sulfonamides is 1. The number of hydrogen-bond acceptors (Lipinski definition) is 4. The first-order valence-corrected chi connectivity index (χ1v) is 9.71. The fraction of sp³-hybridized carbons (Fsp3) is 0.222. The van der Waals surface area contributed by atoms with Crippen LogP contribution in [0.4, 0.5) is 4.39 Å². The summed E-state index contributed by atoms with van der Waals surface area (Å²) in [6, 6.07) is 11.1. The molecule has 2 aromatic heterocycles. The maximum absolute atomic E-state index is 13.1. The average molecular weight is 372 g/mol. The molecule has 0 aliphatic carbocycles. The van der Waals surface area contributed by atoms with Crippen molar-refractivity contribution in [3.63, 3.8) is 0 Å². The van der Waals surface area contributed by atoms with E-state index in [-0.39, 0.29) is 17.3 Å². The summed E-state index contributed by atoms with van der Waals surface area (Å²) >= 11 is 0. The van der Waals surface area contributed by atoms with Gasteiger partial charge >= 0.3 is 0 Å². The Labute approximate surface area is 151 Å². The van der Waals surface area contributed by atoms with Crippen molar-refractivity contribution in [3.05, 3.63) is 66.4 Å². The molecule has 0 saturated heterocycles. The molecular weight excluding hydrogens is 355 g/mol. The van der Waals surface area contributed by atoms with Crippen molar-refractivity contribution in [1.82, 2.24) is 19.1 Å². The third-order valence-electron chi connectivity index (χ3n) is 4.39. The molecular formula is C18H17FN4O2S. The van der Waals surface area contributed by atoms with Gasteiger partial charge in [0.15, 0.2) is 0 Å². The van der Waals surface area contributed by atoms with E-state index in [9.17, 15) is 12.8 Å². The Kier molecular flexibility index (Phi) is 4.29. The summed E-state index contributed by atoms with van der Waals surface area (Å²) in [4.78, 5) is 4.10. The van der Waals surface area contributed by atoms with Crippen LogP contribution in [0.5, 0.6) is 0 Å². The van der Waals surface area contributed by atoms with Gasteiger partial charge in [-0.2, -0.15) is 9.40 Å². The van der Waals surface area contributed by atoms with E-state index in [0.717, 1.165) is 11.3 Å². The van der Waals surface area contributed by atoms with Crippen molar-refractivity contribution in [2.45, 2.75) is 24.4 Å². The van der Waals surface area contributed by atoms with Gasteiger partial charge in [-0.15, -0.1) is 0 Å². The molecule has 4 rings (SSSR count). The van der Waals surface area contributed by atoms with Crippen LogP contribution in [0.15, 0.2) is 59.8 Å². The molecule has 1 aromatic carbocycles. The van der Waals surface area contributed by atoms with Gasteiger partial charge in [0.05, 0.1) is 17.9 Å². The Bertz CT molecular complexity index is 1020. The standard InChI is InChI=1S/C18H17FN4O2S/c19-15-6-4-14(5-7-15)18-11-16-13-22(9-2-10-23(16)21-18)26(24,25)17-3-1-8-20-12-17/h1,3-8,11-12H,2,9-10,13H2. The van der Waals surface area contributed by atoms with Crippen LogP contribution in [0, 0.1) is 5.82 Å². The normalized spacial score (nSPS) is 15.4. The highest BCUT2D eigenvalue weighted by Gasteiger charge is 2.28. The Hall–Kier alpha value is -2.58. The monoisotopic (exact) mass is 372 g/mol. The van der Waals surface area contributed by atoms with Crippen molar-refractivity contribution >= 4 is 10.0 Å². The van der Waals surface area contributed by atoms with Crippen LogP contribution in [0.1, 0.15) is 12.1 Å². The molecule has 1 aliphatic rings. The third kappa shape index (κ3) is 3.13. The van der Waals surface area contributed by atoms with Crippen LogP contribution in [0.3, 0.4) is 0 Å². The van der Waals surface area contributed by atoms with Gasteiger partial charge in [-0.1, -0.05) is 0 Å². The number of benzene rings is 1. The Balaban J connectivity index is 1.65. The summed E-state index contributed by atoms with van der Waals surface area (Å²) in [5, 5.41) is 4.56. The minimum atomic E-state index is -3.61. The first-order valence-electron chi connectivity index (χ1n) is 8.27. The smallest absolute Gasteiger partial charge is 0.244 e. The van der Waals surface area contributed by atoms with Gasteiger partial charge in [0.25, 0.3) is 0 Å². The average Bonchev–Trinajstić information content (AvgIpc) is 2.94. The van der Waals surface area contributed by atoms with Gasteiger partial charge in [-0.05, 0) is 48.9 Å². The Morgan fingerprint density at radius 2 is 1.88 bits per heavy atom. The molecule has 0 atom stereocenters. The first kappa shape index (κ1) is 16.9. The largest absolute Gasteiger partial charge is 0.268 e. The fourth-order valence-corrected chi connectivity index (χ4v) is 4.46. The number of halogens is 1. The highest BCUT2D eigenvalue weighted by atomic mass is 32.2. The molecule has 6 nitrogen and oxygen atoms in total. The molecule has 8 heteroatoms. The molecule has 26 heavy (non-hydrogen) atoms. The number of fused-ring (bicyclic) bond motifs is 1. The lowest BCUT2D eigenvalue weighted by Crippen LogP contribution is -2.30. The van der Waals surface area contributed by atoms with Crippen LogP contribution >= 0.6 is 0 Å². The molecule has 0 saturated carbocycles. The van der Waals surface area contributed by atoms with E-state index in [1.54, 1.807) is 30.5 Å². The quantitative estimate of drug-likeness (QED) is 0.709. The molecule has 0 N–H and O–H groups in total. The Morgan fingerprint density at radius 1 is 1.08 bits per heavy atom. The summed E-state index contributed by atoms with van der Waals surface area (Å²) in [5.41, 5.74) is 2.32. The molecule has 0 amide bonds. The topological polar surface area (TPSA) is 68.1 Å². The predicted molar refractivity (Wildman–Crippen MR) is 94.1 cm³/mol. The van der Waals surface area contributed by atoms with E-state index in [2.05, 4.69) is 10.1 Å². The highest BCUT2D eigenvalue weighted by molar-refractivity contribution is 7.89.